The number of rotatable bonds is 6. The van der Waals surface area contributed by atoms with E-state index in [9.17, 15) is 4.79 Å². The van der Waals surface area contributed by atoms with Gasteiger partial charge in [-0.3, -0.25) is 4.79 Å². The maximum Gasteiger partial charge on any atom is 0.257 e. The molecule has 1 aromatic rings. The van der Waals surface area contributed by atoms with E-state index in [-0.39, 0.29) is 5.91 Å². The molecule has 0 heterocycles. The normalized spacial score (nSPS) is 9.95. The molecule has 0 saturated carbocycles. The Morgan fingerprint density at radius 2 is 1.63 bits per heavy atom. The zero-order valence-electron chi connectivity index (χ0n) is 11.5. The molecule has 0 saturated heterocycles. The molecule has 1 aromatic carbocycles. The molecule has 0 radical (unpaired) electrons. The van der Waals surface area contributed by atoms with E-state index in [0.29, 0.717) is 35.2 Å². The van der Waals surface area contributed by atoms with Gasteiger partial charge in [-0.15, -0.1) is 11.6 Å². The molecule has 106 valence electrons. The summed E-state index contributed by atoms with van der Waals surface area (Å²) in [4.78, 5) is 13.8. The zero-order chi connectivity index (χ0) is 14.4. The van der Waals surface area contributed by atoms with E-state index in [2.05, 4.69) is 0 Å². The topological polar surface area (TPSA) is 48.0 Å². The highest BCUT2D eigenvalue weighted by atomic mass is 35.5. The fraction of sp³-hybridized carbons (Fsp3) is 0.462. The number of methoxy groups -OCH3 is 3. The fourth-order valence-electron chi connectivity index (χ4n) is 1.63. The average molecular weight is 288 g/mol. The number of carbonyl (C=O) groups excluding carboxylic acids is 1. The Labute approximate surface area is 118 Å². The third kappa shape index (κ3) is 3.44. The van der Waals surface area contributed by atoms with Crippen LogP contribution in [-0.4, -0.2) is 51.6 Å². The Balaban J connectivity index is 3.21. The van der Waals surface area contributed by atoms with E-state index in [0.717, 1.165) is 0 Å². The first-order chi connectivity index (χ1) is 9.08. The summed E-state index contributed by atoms with van der Waals surface area (Å²) in [6.45, 7) is 0.456. The van der Waals surface area contributed by atoms with Crippen LogP contribution in [0, 0.1) is 0 Å². The van der Waals surface area contributed by atoms with Gasteiger partial charge in [0.05, 0.1) is 26.9 Å². The van der Waals surface area contributed by atoms with Crippen molar-refractivity contribution in [3.05, 3.63) is 17.7 Å². The van der Waals surface area contributed by atoms with Gasteiger partial charge in [0.1, 0.15) is 5.75 Å². The van der Waals surface area contributed by atoms with Crippen LogP contribution >= 0.6 is 11.6 Å². The minimum atomic E-state index is -0.182. The van der Waals surface area contributed by atoms with Crippen LogP contribution < -0.4 is 14.2 Å². The van der Waals surface area contributed by atoms with Crippen molar-refractivity contribution in [3.63, 3.8) is 0 Å². The van der Waals surface area contributed by atoms with Gasteiger partial charge < -0.3 is 19.1 Å². The van der Waals surface area contributed by atoms with Crippen molar-refractivity contribution in [2.75, 3.05) is 40.8 Å². The number of hydrogen-bond donors (Lipinski definition) is 0. The molecule has 6 heteroatoms. The first-order valence-corrected chi connectivity index (χ1v) is 6.23. The highest BCUT2D eigenvalue weighted by molar-refractivity contribution is 6.18. The maximum absolute atomic E-state index is 12.3. The lowest BCUT2D eigenvalue weighted by Crippen LogP contribution is -2.28. The van der Waals surface area contributed by atoms with Crippen LogP contribution in [-0.2, 0) is 0 Å². The lowest BCUT2D eigenvalue weighted by atomic mass is 10.1. The third-order valence-corrected chi connectivity index (χ3v) is 2.87. The second kappa shape index (κ2) is 7.09. The van der Waals surface area contributed by atoms with E-state index in [1.165, 1.54) is 26.2 Å². The standard InChI is InChI=1S/C13H18ClNO4/c1-15(6-5-14)13(16)9-7-11(18-3)12(19-4)8-10(9)17-2/h7-8H,5-6H2,1-4H3. The Morgan fingerprint density at radius 3 is 2.11 bits per heavy atom. The van der Waals surface area contributed by atoms with Gasteiger partial charge in [-0.05, 0) is 0 Å². The summed E-state index contributed by atoms with van der Waals surface area (Å²) in [5.74, 6) is 1.61. The third-order valence-electron chi connectivity index (χ3n) is 2.70. The lowest BCUT2D eigenvalue weighted by molar-refractivity contribution is 0.0799. The van der Waals surface area contributed by atoms with Crippen LogP contribution in [0.25, 0.3) is 0 Å². The molecule has 5 nitrogen and oxygen atoms in total. The van der Waals surface area contributed by atoms with Crippen LogP contribution in [0.15, 0.2) is 12.1 Å². The molecular weight excluding hydrogens is 270 g/mol. The minimum Gasteiger partial charge on any atom is -0.496 e. The van der Waals surface area contributed by atoms with Gasteiger partial charge in [-0.1, -0.05) is 0 Å². The summed E-state index contributed by atoms with van der Waals surface area (Å²) in [5.41, 5.74) is 0.410. The van der Waals surface area contributed by atoms with Crippen LogP contribution in [0.3, 0.4) is 0 Å². The number of amides is 1. The van der Waals surface area contributed by atoms with Gasteiger partial charge >= 0.3 is 0 Å². The summed E-state index contributed by atoms with van der Waals surface area (Å²) in [6, 6.07) is 3.23. The van der Waals surface area contributed by atoms with Gasteiger partial charge in [0.2, 0.25) is 0 Å². The van der Waals surface area contributed by atoms with Gasteiger partial charge in [-0.2, -0.15) is 0 Å². The van der Waals surface area contributed by atoms with Crippen molar-refractivity contribution in [2.24, 2.45) is 0 Å². The van der Waals surface area contributed by atoms with Crippen LogP contribution in [0.5, 0.6) is 17.2 Å². The molecular formula is C13H18ClNO4. The molecule has 0 N–H and O–H groups in total. The van der Waals surface area contributed by atoms with Crippen molar-refractivity contribution in [1.82, 2.24) is 4.90 Å². The Hall–Kier alpha value is -1.62. The van der Waals surface area contributed by atoms with Gasteiger partial charge in [0, 0.05) is 31.6 Å². The maximum atomic E-state index is 12.3. The summed E-state index contributed by atoms with van der Waals surface area (Å²) >= 11 is 5.64. The molecule has 1 rings (SSSR count). The van der Waals surface area contributed by atoms with Crippen molar-refractivity contribution in [1.29, 1.82) is 0 Å². The molecule has 0 atom stereocenters. The smallest absolute Gasteiger partial charge is 0.257 e. The molecule has 1 amide bonds. The molecule has 0 aliphatic carbocycles. The lowest BCUT2D eigenvalue weighted by Gasteiger charge is -2.19. The Kier molecular flexibility index (Phi) is 5.76. The molecule has 0 bridgehead atoms. The molecule has 0 spiro atoms. The van der Waals surface area contributed by atoms with E-state index in [1.807, 2.05) is 0 Å². The van der Waals surface area contributed by atoms with E-state index < -0.39 is 0 Å². The highest BCUT2D eigenvalue weighted by Crippen LogP contribution is 2.35. The van der Waals surface area contributed by atoms with Crippen molar-refractivity contribution in [2.45, 2.75) is 0 Å². The number of hydrogen-bond acceptors (Lipinski definition) is 4. The Morgan fingerprint density at radius 1 is 1.11 bits per heavy atom. The van der Waals surface area contributed by atoms with Crippen LogP contribution in [0.4, 0.5) is 0 Å². The summed E-state index contributed by atoms with van der Waals surface area (Å²) < 4.78 is 15.6. The summed E-state index contributed by atoms with van der Waals surface area (Å²) in [7, 11) is 6.22. The fourth-order valence-corrected chi connectivity index (χ4v) is 1.88. The van der Waals surface area contributed by atoms with Crippen LogP contribution in [0.1, 0.15) is 10.4 Å². The molecule has 0 unspecified atom stereocenters. The first-order valence-electron chi connectivity index (χ1n) is 5.70. The van der Waals surface area contributed by atoms with Crippen molar-refractivity contribution >= 4 is 17.5 Å². The number of ether oxygens (including phenoxy) is 3. The van der Waals surface area contributed by atoms with E-state index in [4.69, 9.17) is 25.8 Å². The number of benzene rings is 1. The minimum absolute atomic E-state index is 0.182. The van der Waals surface area contributed by atoms with E-state index >= 15 is 0 Å². The molecule has 0 fully saturated rings. The van der Waals surface area contributed by atoms with E-state index in [1.54, 1.807) is 19.2 Å². The zero-order valence-corrected chi connectivity index (χ0v) is 12.3. The van der Waals surface area contributed by atoms with Gasteiger partial charge in [-0.25, -0.2) is 0 Å². The molecule has 0 aromatic heterocycles. The summed E-state index contributed by atoms with van der Waals surface area (Å²) in [6.07, 6.45) is 0. The van der Waals surface area contributed by atoms with Crippen LogP contribution in [0.2, 0.25) is 0 Å². The average Bonchev–Trinajstić information content (AvgIpc) is 2.45. The van der Waals surface area contributed by atoms with Crippen molar-refractivity contribution < 1.29 is 19.0 Å². The molecule has 0 aliphatic heterocycles. The summed E-state index contributed by atoms with van der Waals surface area (Å²) in [5, 5.41) is 0. The van der Waals surface area contributed by atoms with Gasteiger partial charge in [0.25, 0.3) is 5.91 Å². The number of carbonyl (C=O) groups is 1. The largest absolute Gasteiger partial charge is 0.496 e. The predicted octanol–water partition coefficient (Wildman–Crippen LogP) is 2.02. The second-order valence-electron chi connectivity index (χ2n) is 3.82. The number of nitrogens with zero attached hydrogens (tertiary/aromatic N) is 1. The molecule has 0 aliphatic rings. The first kappa shape index (κ1) is 15.4. The predicted molar refractivity (Wildman–Crippen MR) is 73.8 cm³/mol. The van der Waals surface area contributed by atoms with Crippen molar-refractivity contribution in [3.8, 4) is 17.2 Å². The highest BCUT2D eigenvalue weighted by Gasteiger charge is 2.20. The quantitative estimate of drug-likeness (QED) is 0.751. The molecule has 19 heavy (non-hydrogen) atoms. The second-order valence-corrected chi connectivity index (χ2v) is 4.20. The number of alkyl halides is 1. The van der Waals surface area contributed by atoms with Gasteiger partial charge in [0.15, 0.2) is 11.5 Å². The Bertz CT molecular complexity index is 451. The number of halogens is 1. The monoisotopic (exact) mass is 287 g/mol. The SMILES string of the molecule is COc1cc(OC)c(C(=O)N(C)CCCl)cc1OC.